The molecule has 12 heteroatoms. The highest BCUT2D eigenvalue weighted by molar-refractivity contribution is 6.06. The topological polar surface area (TPSA) is 124 Å². The van der Waals surface area contributed by atoms with Crippen LogP contribution >= 0.6 is 0 Å². The van der Waals surface area contributed by atoms with Crippen LogP contribution in [0.1, 0.15) is 84.7 Å². The number of methoxy groups -OCH3 is 3. The van der Waals surface area contributed by atoms with Gasteiger partial charge in [-0.05, 0) is 98.7 Å². The number of aliphatic imine (C=N–C) groups is 2. The SMILES string of the molecule is COc1ccc(C2=CN3C(=O)c4cc(OC)c(OCCCCCOc5cc6c(cc5OC)C(=O)N5C=C(c7ccc(NC(C)(C)C)cc7)C[C@H]5C=N6)cc4N=C[C@@H]3C2)cc1. The van der Waals surface area contributed by atoms with Crippen molar-refractivity contribution in [1.29, 1.82) is 0 Å². The van der Waals surface area contributed by atoms with Crippen LogP contribution in [0.4, 0.5) is 17.1 Å². The van der Waals surface area contributed by atoms with Gasteiger partial charge in [0.1, 0.15) is 5.75 Å². The Bertz CT molecular complexity index is 2400. The van der Waals surface area contributed by atoms with E-state index in [1.54, 1.807) is 55.4 Å². The van der Waals surface area contributed by atoms with Crippen molar-refractivity contribution < 1.29 is 33.3 Å². The molecule has 0 saturated heterocycles. The monoisotopic (exact) mass is 809 g/mol. The Morgan fingerprint density at radius 1 is 0.617 bits per heavy atom. The summed E-state index contributed by atoms with van der Waals surface area (Å²) in [5.41, 5.74) is 7.33. The first kappa shape index (κ1) is 40.2. The molecule has 0 radical (unpaired) electrons. The van der Waals surface area contributed by atoms with Crippen LogP contribution in [0.2, 0.25) is 0 Å². The highest BCUT2D eigenvalue weighted by Crippen LogP contribution is 2.42. The molecule has 0 fully saturated rings. The van der Waals surface area contributed by atoms with Crippen molar-refractivity contribution in [2.45, 2.75) is 70.5 Å². The lowest BCUT2D eigenvalue weighted by molar-refractivity contribution is 0.0809. The second-order valence-corrected chi connectivity index (χ2v) is 16.3. The standard InChI is InChI=1S/C48H51N5O7/c1-48(2,3)51-34-14-10-30(11-15-34)32-20-35-26-49-40-24-44(42(57-5)22-38(40)46(54)52(35)28-32)59-18-8-7-9-19-60-45-25-41-39(23-43(45)58-6)47(55)53-29-33(21-36(53)27-50-41)31-12-16-37(56-4)17-13-31/h10-17,22-29,35-36,51H,7-9,18-21H2,1-6H3/t35-,36-/m0/s1. The third kappa shape index (κ3) is 8.45. The summed E-state index contributed by atoms with van der Waals surface area (Å²) in [5.74, 6) is 2.56. The zero-order chi connectivity index (χ0) is 42.0. The van der Waals surface area contributed by atoms with Gasteiger partial charge >= 0.3 is 0 Å². The summed E-state index contributed by atoms with van der Waals surface area (Å²) in [6, 6.07) is 22.8. The summed E-state index contributed by atoms with van der Waals surface area (Å²) >= 11 is 0. The molecule has 310 valence electrons. The Morgan fingerprint density at radius 2 is 1.08 bits per heavy atom. The van der Waals surface area contributed by atoms with Crippen LogP contribution in [0.3, 0.4) is 0 Å². The minimum atomic E-state index is -0.185. The molecular formula is C48H51N5O7. The van der Waals surface area contributed by atoms with Gasteiger partial charge in [-0.1, -0.05) is 24.3 Å². The van der Waals surface area contributed by atoms with E-state index in [2.05, 4.69) is 50.4 Å². The van der Waals surface area contributed by atoms with E-state index in [0.29, 0.717) is 71.6 Å². The molecule has 12 nitrogen and oxygen atoms in total. The maximum absolute atomic E-state index is 13.8. The van der Waals surface area contributed by atoms with Gasteiger partial charge in [0, 0.05) is 61.0 Å². The Morgan fingerprint density at radius 3 is 1.52 bits per heavy atom. The molecule has 0 aliphatic carbocycles. The van der Waals surface area contributed by atoms with Crippen molar-refractivity contribution in [2.24, 2.45) is 9.98 Å². The van der Waals surface area contributed by atoms with E-state index in [4.69, 9.17) is 33.7 Å². The zero-order valence-electron chi connectivity index (χ0n) is 35.0. The average Bonchev–Trinajstić information content (AvgIpc) is 3.83. The number of rotatable bonds is 14. The first-order valence-corrected chi connectivity index (χ1v) is 20.4. The molecule has 4 aliphatic rings. The predicted octanol–water partition coefficient (Wildman–Crippen LogP) is 9.49. The Balaban J connectivity index is 0.840. The molecule has 4 aromatic carbocycles. The Kier molecular flexibility index (Phi) is 11.4. The lowest BCUT2D eigenvalue weighted by Crippen LogP contribution is -2.32. The quantitative estimate of drug-likeness (QED) is 0.125. The predicted molar refractivity (Wildman–Crippen MR) is 235 cm³/mol. The smallest absolute Gasteiger partial charge is 0.260 e. The van der Waals surface area contributed by atoms with Crippen LogP contribution in [-0.4, -0.2) is 86.2 Å². The van der Waals surface area contributed by atoms with Gasteiger partial charge in [-0.3, -0.25) is 19.6 Å². The average molecular weight is 810 g/mol. The van der Waals surface area contributed by atoms with Crippen molar-refractivity contribution in [3.8, 4) is 28.7 Å². The zero-order valence-corrected chi connectivity index (χ0v) is 35.0. The largest absolute Gasteiger partial charge is 0.497 e. The molecular weight excluding hydrogens is 759 g/mol. The molecule has 2 amide bonds. The van der Waals surface area contributed by atoms with Gasteiger partial charge in [-0.15, -0.1) is 0 Å². The van der Waals surface area contributed by atoms with Crippen molar-refractivity contribution >= 4 is 52.5 Å². The number of carbonyl (C=O) groups excluding carboxylic acids is 2. The normalized spacial score (nSPS) is 17.8. The lowest BCUT2D eigenvalue weighted by atomic mass is 10.0. The second-order valence-electron chi connectivity index (χ2n) is 16.3. The van der Waals surface area contributed by atoms with Gasteiger partial charge in [-0.25, -0.2) is 0 Å². The first-order valence-electron chi connectivity index (χ1n) is 20.4. The molecule has 4 aliphatic heterocycles. The summed E-state index contributed by atoms with van der Waals surface area (Å²) in [6.07, 6.45) is 11.3. The number of fused-ring (bicyclic) bond motifs is 4. The molecule has 8 rings (SSSR count). The summed E-state index contributed by atoms with van der Waals surface area (Å²) in [6.45, 7) is 7.29. The molecule has 0 spiro atoms. The lowest BCUT2D eigenvalue weighted by Gasteiger charge is -2.22. The van der Waals surface area contributed by atoms with E-state index >= 15 is 0 Å². The van der Waals surface area contributed by atoms with E-state index < -0.39 is 0 Å². The Labute approximate surface area is 351 Å². The maximum Gasteiger partial charge on any atom is 0.260 e. The van der Waals surface area contributed by atoms with Crippen molar-refractivity contribution in [3.63, 3.8) is 0 Å². The van der Waals surface area contributed by atoms with Crippen LogP contribution in [0.5, 0.6) is 28.7 Å². The van der Waals surface area contributed by atoms with E-state index in [-0.39, 0.29) is 29.4 Å². The molecule has 60 heavy (non-hydrogen) atoms. The van der Waals surface area contributed by atoms with Gasteiger partial charge in [0.25, 0.3) is 11.8 Å². The highest BCUT2D eigenvalue weighted by Gasteiger charge is 2.35. The molecule has 4 heterocycles. The second kappa shape index (κ2) is 17.0. The summed E-state index contributed by atoms with van der Waals surface area (Å²) in [7, 11) is 4.78. The molecule has 1 N–H and O–H groups in total. The fourth-order valence-corrected chi connectivity index (χ4v) is 7.89. The summed E-state index contributed by atoms with van der Waals surface area (Å²) in [4.78, 5) is 40.6. The van der Waals surface area contributed by atoms with Gasteiger partial charge < -0.3 is 38.8 Å². The number of hydrogen-bond donors (Lipinski definition) is 1. The number of benzene rings is 4. The number of amides is 2. The van der Waals surface area contributed by atoms with Gasteiger partial charge in [-0.2, -0.15) is 0 Å². The third-order valence-electron chi connectivity index (χ3n) is 11.0. The van der Waals surface area contributed by atoms with Crippen molar-refractivity contribution in [2.75, 3.05) is 39.9 Å². The summed E-state index contributed by atoms with van der Waals surface area (Å²) < 4.78 is 29.0. The number of nitrogens with zero attached hydrogens (tertiary/aromatic N) is 4. The van der Waals surface area contributed by atoms with Gasteiger partial charge in [0.2, 0.25) is 0 Å². The van der Waals surface area contributed by atoms with E-state index in [1.165, 1.54) is 0 Å². The van der Waals surface area contributed by atoms with Crippen LogP contribution in [0.15, 0.2) is 95.2 Å². The van der Waals surface area contributed by atoms with E-state index in [9.17, 15) is 9.59 Å². The summed E-state index contributed by atoms with van der Waals surface area (Å²) in [5, 5.41) is 3.49. The van der Waals surface area contributed by atoms with E-state index in [0.717, 1.165) is 53.0 Å². The number of ether oxygens (including phenoxy) is 5. The first-order chi connectivity index (χ1) is 29.0. The van der Waals surface area contributed by atoms with Gasteiger partial charge in [0.15, 0.2) is 23.0 Å². The molecule has 0 unspecified atom stereocenters. The number of nitrogens with one attached hydrogen (secondary N) is 1. The van der Waals surface area contributed by atoms with Crippen LogP contribution in [-0.2, 0) is 0 Å². The minimum absolute atomic E-state index is 0.0317. The van der Waals surface area contributed by atoms with Crippen LogP contribution in [0.25, 0.3) is 11.1 Å². The van der Waals surface area contributed by atoms with Crippen molar-refractivity contribution in [1.82, 2.24) is 9.80 Å². The number of carbonyl (C=O) groups is 2. The fraction of sp³-hybridized carbons (Fsp3) is 0.333. The molecule has 4 aromatic rings. The fourth-order valence-electron chi connectivity index (χ4n) is 7.89. The molecule has 0 aromatic heterocycles. The minimum Gasteiger partial charge on any atom is -0.497 e. The number of anilines is 1. The van der Waals surface area contributed by atoms with Crippen molar-refractivity contribution in [3.05, 3.63) is 107 Å². The molecule has 2 atom stereocenters. The highest BCUT2D eigenvalue weighted by atomic mass is 16.5. The maximum atomic E-state index is 13.8. The van der Waals surface area contributed by atoms with Crippen LogP contribution < -0.4 is 29.0 Å². The van der Waals surface area contributed by atoms with Crippen LogP contribution in [0, 0.1) is 0 Å². The van der Waals surface area contributed by atoms with Gasteiger partial charge in [0.05, 0.1) is 69.1 Å². The number of hydrogen-bond acceptors (Lipinski definition) is 10. The molecule has 0 saturated carbocycles. The number of unbranched alkanes of at least 4 members (excludes halogenated alkanes) is 2. The Hall–Kier alpha value is -6.56. The third-order valence-corrected chi connectivity index (χ3v) is 11.0. The molecule has 0 bridgehead atoms. The van der Waals surface area contributed by atoms with E-state index in [1.807, 2.05) is 49.1 Å².